The van der Waals surface area contributed by atoms with Gasteiger partial charge in [-0.25, -0.2) is 0 Å². The first kappa shape index (κ1) is 65.9. The molecule has 0 saturated carbocycles. The zero-order chi connectivity index (χ0) is 48.6. The number of ether oxygens (including phenoxy) is 1. The highest BCUT2D eigenvalue weighted by molar-refractivity contribution is 5.76. The van der Waals surface area contributed by atoms with Crippen molar-refractivity contribution >= 4 is 11.9 Å². The van der Waals surface area contributed by atoms with Crippen molar-refractivity contribution in [2.24, 2.45) is 0 Å². The first-order valence-corrected chi connectivity index (χ1v) is 30.8. The van der Waals surface area contributed by atoms with Crippen molar-refractivity contribution in [2.75, 3.05) is 13.2 Å². The summed E-state index contributed by atoms with van der Waals surface area (Å²) >= 11 is 0. The molecule has 6 heteroatoms. The van der Waals surface area contributed by atoms with Gasteiger partial charge in [0.1, 0.15) is 0 Å². The molecule has 0 saturated heterocycles. The molecule has 2 atom stereocenters. The number of aliphatic hydroxyl groups excluding tert-OH is 2. The van der Waals surface area contributed by atoms with Crippen molar-refractivity contribution in [1.82, 2.24) is 5.32 Å². The Hall–Kier alpha value is -1.14. The second-order valence-electron chi connectivity index (χ2n) is 21.4. The number of unbranched alkanes of at least 4 members (excludes halogenated alkanes) is 47. The predicted octanol–water partition coefficient (Wildman–Crippen LogP) is 19.1. The summed E-state index contributed by atoms with van der Waals surface area (Å²) in [6.45, 7) is 4.98. The van der Waals surface area contributed by atoms with Gasteiger partial charge in [-0.2, -0.15) is 0 Å². The minimum absolute atomic E-state index is 0.0119. The van der Waals surface area contributed by atoms with Crippen LogP contribution in [0.1, 0.15) is 354 Å². The summed E-state index contributed by atoms with van der Waals surface area (Å²) in [6.07, 6.45) is 66.7. The second-order valence-corrected chi connectivity index (χ2v) is 21.4. The lowest BCUT2D eigenvalue weighted by Crippen LogP contribution is -2.45. The maximum atomic E-state index is 12.5. The minimum Gasteiger partial charge on any atom is -0.466 e. The van der Waals surface area contributed by atoms with Gasteiger partial charge in [-0.3, -0.25) is 9.59 Å². The standard InChI is InChI=1S/C61H121NO5/c1-3-5-7-9-11-13-15-17-19-25-29-33-37-41-45-49-53-59(64)58(57-63)62-60(65)54-50-46-42-38-34-30-26-23-21-22-24-28-32-36-40-44-48-52-56-67-61(66)55-51-47-43-39-35-31-27-20-18-16-14-12-10-8-6-4-2/h58-59,63-64H,3-57H2,1-2H3,(H,62,65). The van der Waals surface area contributed by atoms with Crippen molar-refractivity contribution in [1.29, 1.82) is 0 Å². The Balaban J connectivity index is 3.38. The van der Waals surface area contributed by atoms with E-state index in [2.05, 4.69) is 19.2 Å². The van der Waals surface area contributed by atoms with E-state index in [0.717, 1.165) is 38.5 Å². The molecule has 0 fully saturated rings. The molecule has 0 aromatic carbocycles. The molecular formula is C61H121NO5. The van der Waals surface area contributed by atoms with E-state index in [9.17, 15) is 19.8 Å². The van der Waals surface area contributed by atoms with Crippen molar-refractivity contribution in [3.8, 4) is 0 Å². The molecule has 2 unspecified atom stereocenters. The summed E-state index contributed by atoms with van der Waals surface area (Å²) in [5.74, 6) is -0.0235. The minimum atomic E-state index is -0.666. The fourth-order valence-electron chi connectivity index (χ4n) is 9.94. The molecule has 0 bridgehead atoms. The summed E-state index contributed by atoms with van der Waals surface area (Å²) in [5.41, 5.74) is 0. The number of carbonyl (C=O) groups excluding carboxylic acids is 2. The molecule has 0 spiro atoms. The maximum absolute atomic E-state index is 12.5. The van der Waals surface area contributed by atoms with E-state index in [1.807, 2.05) is 0 Å². The van der Waals surface area contributed by atoms with E-state index < -0.39 is 12.1 Å². The Morgan fingerprint density at radius 1 is 0.358 bits per heavy atom. The molecule has 1 amide bonds. The van der Waals surface area contributed by atoms with Crippen molar-refractivity contribution in [2.45, 2.75) is 366 Å². The Bertz CT molecular complexity index is 959. The highest BCUT2D eigenvalue weighted by Crippen LogP contribution is 2.18. The number of aliphatic hydroxyl groups is 2. The third-order valence-corrected chi connectivity index (χ3v) is 14.7. The average Bonchev–Trinajstić information content (AvgIpc) is 3.33. The molecule has 0 radical (unpaired) electrons. The van der Waals surface area contributed by atoms with Gasteiger partial charge in [0.15, 0.2) is 0 Å². The van der Waals surface area contributed by atoms with Gasteiger partial charge in [-0.1, -0.05) is 316 Å². The third kappa shape index (κ3) is 54.0. The van der Waals surface area contributed by atoms with Gasteiger partial charge >= 0.3 is 5.97 Å². The van der Waals surface area contributed by atoms with Crippen LogP contribution in [0.25, 0.3) is 0 Å². The third-order valence-electron chi connectivity index (χ3n) is 14.7. The van der Waals surface area contributed by atoms with Gasteiger partial charge in [-0.15, -0.1) is 0 Å². The lowest BCUT2D eigenvalue weighted by molar-refractivity contribution is -0.143. The normalized spacial score (nSPS) is 12.5. The van der Waals surface area contributed by atoms with E-state index in [1.165, 1.54) is 283 Å². The highest BCUT2D eigenvalue weighted by atomic mass is 16.5. The van der Waals surface area contributed by atoms with Crippen LogP contribution in [0.3, 0.4) is 0 Å². The van der Waals surface area contributed by atoms with Crippen LogP contribution in [0.15, 0.2) is 0 Å². The van der Waals surface area contributed by atoms with Crippen LogP contribution < -0.4 is 5.32 Å². The zero-order valence-electron chi connectivity index (χ0n) is 45.7. The first-order valence-electron chi connectivity index (χ1n) is 30.8. The van der Waals surface area contributed by atoms with E-state index >= 15 is 0 Å². The second kappa shape index (κ2) is 57.4. The molecule has 0 aromatic heterocycles. The van der Waals surface area contributed by atoms with E-state index in [4.69, 9.17) is 4.74 Å². The zero-order valence-corrected chi connectivity index (χ0v) is 45.7. The first-order chi connectivity index (χ1) is 33.0. The average molecular weight is 949 g/mol. The summed E-state index contributed by atoms with van der Waals surface area (Å²) in [4.78, 5) is 24.6. The molecule has 0 aliphatic heterocycles. The molecule has 0 aliphatic rings. The van der Waals surface area contributed by atoms with Crippen LogP contribution >= 0.6 is 0 Å². The largest absolute Gasteiger partial charge is 0.466 e. The van der Waals surface area contributed by atoms with Crippen LogP contribution in [-0.4, -0.2) is 47.4 Å². The fraction of sp³-hybridized carbons (Fsp3) is 0.967. The molecule has 3 N–H and O–H groups in total. The molecular weight excluding hydrogens is 827 g/mol. The van der Waals surface area contributed by atoms with Crippen LogP contribution in [0, 0.1) is 0 Å². The van der Waals surface area contributed by atoms with Crippen molar-refractivity contribution in [3.63, 3.8) is 0 Å². The number of nitrogens with one attached hydrogen (secondary N) is 1. The van der Waals surface area contributed by atoms with Crippen LogP contribution in [-0.2, 0) is 14.3 Å². The van der Waals surface area contributed by atoms with Crippen LogP contribution in [0.2, 0.25) is 0 Å². The van der Waals surface area contributed by atoms with Crippen LogP contribution in [0.4, 0.5) is 0 Å². The quantitative estimate of drug-likeness (QED) is 0.0417. The fourth-order valence-corrected chi connectivity index (χ4v) is 9.94. The Morgan fingerprint density at radius 3 is 0.910 bits per heavy atom. The molecule has 0 aromatic rings. The number of carbonyl (C=O) groups is 2. The highest BCUT2D eigenvalue weighted by Gasteiger charge is 2.20. The lowest BCUT2D eigenvalue weighted by Gasteiger charge is -2.22. The number of hydrogen-bond donors (Lipinski definition) is 3. The van der Waals surface area contributed by atoms with Crippen LogP contribution in [0.5, 0.6) is 0 Å². The van der Waals surface area contributed by atoms with Gasteiger partial charge in [-0.05, 0) is 25.7 Å². The van der Waals surface area contributed by atoms with Gasteiger partial charge in [0.05, 0.1) is 25.4 Å². The Kier molecular flexibility index (Phi) is 56.5. The van der Waals surface area contributed by atoms with E-state index in [1.54, 1.807) is 0 Å². The number of rotatable bonds is 58. The molecule has 0 heterocycles. The van der Waals surface area contributed by atoms with Crippen molar-refractivity contribution < 1.29 is 24.5 Å². The SMILES string of the molecule is CCCCCCCCCCCCCCCCCCC(=O)OCCCCCCCCCCCCCCCCCCCCC(=O)NC(CO)C(O)CCCCCCCCCCCCCCCCCC. The smallest absolute Gasteiger partial charge is 0.305 e. The Labute approximate surface area is 419 Å². The van der Waals surface area contributed by atoms with Gasteiger partial charge in [0.25, 0.3) is 0 Å². The topological polar surface area (TPSA) is 95.9 Å². The number of hydrogen-bond acceptors (Lipinski definition) is 5. The summed E-state index contributed by atoms with van der Waals surface area (Å²) < 4.78 is 5.49. The summed E-state index contributed by atoms with van der Waals surface area (Å²) in [6, 6.07) is -0.543. The molecule has 6 nitrogen and oxygen atoms in total. The maximum Gasteiger partial charge on any atom is 0.305 e. The van der Waals surface area contributed by atoms with E-state index in [0.29, 0.717) is 25.9 Å². The predicted molar refractivity (Wildman–Crippen MR) is 292 cm³/mol. The van der Waals surface area contributed by atoms with Gasteiger partial charge in [0, 0.05) is 12.8 Å². The lowest BCUT2D eigenvalue weighted by atomic mass is 10.0. The van der Waals surface area contributed by atoms with E-state index in [-0.39, 0.29) is 18.5 Å². The molecule has 0 aliphatic carbocycles. The van der Waals surface area contributed by atoms with Gasteiger partial charge in [0.2, 0.25) is 5.91 Å². The molecule has 400 valence electrons. The molecule has 0 rings (SSSR count). The summed E-state index contributed by atoms with van der Waals surface area (Å²) in [5, 5.41) is 23.3. The summed E-state index contributed by atoms with van der Waals surface area (Å²) in [7, 11) is 0. The number of amides is 1. The molecule has 67 heavy (non-hydrogen) atoms. The Morgan fingerprint density at radius 2 is 0.612 bits per heavy atom. The number of esters is 1. The van der Waals surface area contributed by atoms with Crippen molar-refractivity contribution in [3.05, 3.63) is 0 Å². The van der Waals surface area contributed by atoms with Gasteiger partial charge < -0.3 is 20.3 Å². The monoisotopic (exact) mass is 948 g/mol.